The van der Waals surface area contributed by atoms with Crippen LogP contribution in [0.4, 0.5) is 9.59 Å². The van der Waals surface area contributed by atoms with Crippen molar-refractivity contribution in [3.8, 4) is 0 Å². The molecule has 0 aliphatic heterocycles. The molecule has 0 radical (unpaired) electrons. The van der Waals surface area contributed by atoms with Gasteiger partial charge in [0, 0.05) is 0 Å². The van der Waals surface area contributed by atoms with E-state index in [0.717, 1.165) is 33.4 Å². The third-order valence-corrected chi connectivity index (χ3v) is 6.23. The van der Waals surface area contributed by atoms with E-state index in [2.05, 4.69) is 23.8 Å². The van der Waals surface area contributed by atoms with Gasteiger partial charge >= 0.3 is 12.2 Å². The lowest BCUT2D eigenvalue weighted by Crippen LogP contribution is -2.46. The molecule has 194 valence electrons. The average molecular weight is 493 g/mol. The fourth-order valence-corrected chi connectivity index (χ4v) is 3.59. The van der Waals surface area contributed by atoms with E-state index in [1.54, 1.807) is 13.8 Å². The molecule has 0 saturated heterocycles. The predicted octanol–water partition coefficient (Wildman–Crippen LogP) is 7.15. The molecule has 0 aliphatic rings. The van der Waals surface area contributed by atoms with Crippen LogP contribution in [0, 0.1) is 0 Å². The summed E-state index contributed by atoms with van der Waals surface area (Å²) in [5.41, 5.74) is 4.40. The molecule has 0 bridgehead atoms. The van der Waals surface area contributed by atoms with Crippen LogP contribution in [0.3, 0.4) is 0 Å². The van der Waals surface area contributed by atoms with E-state index in [4.69, 9.17) is 9.47 Å². The Balaban J connectivity index is 1.96. The zero-order valence-corrected chi connectivity index (χ0v) is 22.8. The molecule has 2 unspecified atom stereocenters. The number of nitrogens with one attached hydrogen (secondary N) is 2. The van der Waals surface area contributed by atoms with Crippen molar-refractivity contribution in [1.82, 2.24) is 10.6 Å². The predicted molar refractivity (Wildman–Crippen MR) is 147 cm³/mol. The highest BCUT2D eigenvalue weighted by atomic mass is 16.6. The summed E-state index contributed by atoms with van der Waals surface area (Å²) in [6.45, 7) is 22.8. The lowest BCUT2D eigenvalue weighted by atomic mass is 9.92. The van der Waals surface area contributed by atoms with E-state index in [0.29, 0.717) is 0 Å². The molecule has 0 aliphatic carbocycles. The van der Waals surface area contributed by atoms with Crippen molar-refractivity contribution >= 4 is 23.3 Å². The van der Waals surface area contributed by atoms with Gasteiger partial charge in [0.15, 0.2) is 0 Å². The quantitative estimate of drug-likeness (QED) is 0.390. The molecular weight excluding hydrogens is 452 g/mol. The van der Waals surface area contributed by atoms with E-state index in [9.17, 15) is 9.59 Å². The van der Waals surface area contributed by atoms with Gasteiger partial charge in [0.05, 0.1) is 11.1 Å². The van der Waals surface area contributed by atoms with E-state index in [-0.39, 0.29) is 0 Å². The Morgan fingerprint density at radius 1 is 0.722 bits per heavy atom. The van der Waals surface area contributed by atoms with Crippen molar-refractivity contribution in [1.29, 1.82) is 0 Å². The summed E-state index contributed by atoms with van der Waals surface area (Å²) in [5, 5.41) is 5.80. The molecule has 0 aromatic heterocycles. The topological polar surface area (TPSA) is 76.7 Å². The van der Waals surface area contributed by atoms with Crippen LogP contribution >= 0.6 is 0 Å². The minimum Gasteiger partial charge on any atom is -0.443 e. The van der Waals surface area contributed by atoms with Crippen molar-refractivity contribution in [2.75, 3.05) is 0 Å². The number of hydrogen-bond acceptors (Lipinski definition) is 4. The maximum absolute atomic E-state index is 12.6. The zero-order valence-electron chi connectivity index (χ0n) is 22.8. The van der Waals surface area contributed by atoms with E-state index < -0.39 is 35.5 Å². The minimum atomic E-state index is -0.675. The first-order chi connectivity index (χ1) is 16.6. The maximum atomic E-state index is 12.6. The summed E-state index contributed by atoms with van der Waals surface area (Å²) in [4.78, 5) is 25.3. The number of amides is 2. The molecule has 6 nitrogen and oxygen atoms in total. The Bertz CT molecular complexity index is 1040. The van der Waals surface area contributed by atoms with Crippen LogP contribution in [0.1, 0.15) is 77.6 Å². The van der Waals surface area contributed by atoms with Crippen molar-refractivity contribution in [3.63, 3.8) is 0 Å². The number of allylic oxidation sites excluding steroid dienone is 2. The first-order valence-electron chi connectivity index (χ1n) is 12.1. The van der Waals surface area contributed by atoms with Gasteiger partial charge in [-0.2, -0.15) is 0 Å². The summed E-state index contributed by atoms with van der Waals surface area (Å²) in [7, 11) is 0. The van der Waals surface area contributed by atoms with Gasteiger partial charge in [-0.3, -0.25) is 0 Å². The monoisotopic (exact) mass is 492 g/mol. The Kier molecular flexibility index (Phi) is 9.14. The molecule has 2 aromatic carbocycles. The van der Waals surface area contributed by atoms with Crippen molar-refractivity contribution in [3.05, 3.63) is 83.9 Å². The Morgan fingerprint density at radius 2 is 1.06 bits per heavy atom. The molecule has 6 heteroatoms. The number of carbonyl (C=O) groups is 2. The fourth-order valence-electron chi connectivity index (χ4n) is 3.59. The molecular formula is C30H40N2O4. The Morgan fingerprint density at radius 3 is 1.36 bits per heavy atom. The lowest BCUT2D eigenvalue weighted by Gasteiger charge is -2.30. The summed E-state index contributed by atoms with van der Waals surface area (Å²) in [6.07, 6.45) is -2.52. The number of carbonyl (C=O) groups excluding carboxylic acids is 2. The van der Waals surface area contributed by atoms with Gasteiger partial charge in [0.25, 0.3) is 0 Å². The van der Waals surface area contributed by atoms with Gasteiger partial charge in [-0.05, 0) is 89.8 Å². The highest BCUT2D eigenvalue weighted by Crippen LogP contribution is 2.25. The molecule has 0 saturated carbocycles. The third kappa shape index (κ3) is 7.74. The van der Waals surface area contributed by atoms with Crippen LogP contribution in [0.2, 0.25) is 0 Å². The minimum absolute atomic E-state index is 0.596. The Hall–Kier alpha value is -3.54. The zero-order chi connectivity index (χ0) is 27.3. The molecule has 2 aromatic rings. The van der Waals surface area contributed by atoms with E-state index in [1.165, 1.54) is 0 Å². The van der Waals surface area contributed by atoms with Gasteiger partial charge in [-0.25, -0.2) is 9.59 Å². The number of ether oxygens (including phenoxy) is 2. The summed E-state index contributed by atoms with van der Waals surface area (Å²) in [5.74, 6) is 0. The average Bonchev–Trinajstić information content (AvgIpc) is 2.78. The molecule has 2 rings (SSSR count). The van der Waals surface area contributed by atoms with Crippen LogP contribution in [0.15, 0.2) is 61.7 Å². The SMILES string of the molecule is C=C(C)c1cccc(C(C)(C)NC(=O)OC(C)C(C)OC(=O)NC(C)(C)c2cccc(C(=C)C)c2)c1. The number of rotatable bonds is 9. The molecule has 2 atom stereocenters. The third-order valence-electron chi connectivity index (χ3n) is 6.23. The second-order valence-corrected chi connectivity index (χ2v) is 10.4. The van der Waals surface area contributed by atoms with Crippen LogP contribution in [0.25, 0.3) is 11.1 Å². The second kappa shape index (κ2) is 11.5. The number of benzene rings is 2. The molecule has 36 heavy (non-hydrogen) atoms. The van der Waals surface area contributed by atoms with Gasteiger partial charge in [-0.15, -0.1) is 0 Å². The first-order valence-corrected chi connectivity index (χ1v) is 12.1. The van der Waals surface area contributed by atoms with Crippen LogP contribution in [-0.4, -0.2) is 24.4 Å². The lowest BCUT2D eigenvalue weighted by molar-refractivity contribution is 0.00340. The molecule has 0 spiro atoms. The van der Waals surface area contributed by atoms with Crippen molar-refractivity contribution < 1.29 is 19.1 Å². The van der Waals surface area contributed by atoms with E-state index in [1.807, 2.05) is 90.1 Å². The molecule has 2 N–H and O–H groups in total. The van der Waals surface area contributed by atoms with Crippen LogP contribution < -0.4 is 10.6 Å². The van der Waals surface area contributed by atoms with Gasteiger partial charge < -0.3 is 20.1 Å². The standard InChI is InChI=1S/C30H40N2O4/c1-19(2)23-13-11-15-25(17-23)29(7,8)31-27(33)35-21(5)22(6)36-28(34)32-30(9,10)26-16-12-14-24(18-26)20(3)4/h11-18,21-22H,1,3H2,2,4-10H3,(H,31,33)(H,32,34). The normalized spacial score (nSPS) is 13.2. The largest absolute Gasteiger partial charge is 0.443 e. The van der Waals surface area contributed by atoms with Gasteiger partial charge in [-0.1, -0.05) is 60.7 Å². The molecule has 2 amide bonds. The molecule has 0 heterocycles. The number of hydrogen-bond donors (Lipinski definition) is 2. The van der Waals surface area contributed by atoms with E-state index >= 15 is 0 Å². The maximum Gasteiger partial charge on any atom is 0.408 e. The highest BCUT2D eigenvalue weighted by Gasteiger charge is 2.29. The highest BCUT2D eigenvalue weighted by molar-refractivity contribution is 5.70. The van der Waals surface area contributed by atoms with Crippen molar-refractivity contribution in [2.45, 2.75) is 78.7 Å². The second-order valence-electron chi connectivity index (χ2n) is 10.4. The summed E-state index contributed by atoms with van der Waals surface area (Å²) >= 11 is 0. The fraction of sp³-hybridized carbons (Fsp3) is 0.400. The van der Waals surface area contributed by atoms with Gasteiger partial charge in [0.2, 0.25) is 0 Å². The smallest absolute Gasteiger partial charge is 0.408 e. The Labute approximate surface area is 215 Å². The van der Waals surface area contributed by atoms with Gasteiger partial charge in [0.1, 0.15) is 12.2 Å². The number of alkyl carbamates (subject to hydrolysis) is 2. The van der Waals surface area contributed by atoms with Crippen LogP contribution in [-0.2, 0) is 20.6 Å². The first kappa shape index (κ1) is 28.7. The summed E-state index contributed by atoms with van der Waals surface area (Å²) in [6, 6.07) is 15.7. The van der Waals surface area contributed by atoms with Crippen molar-refractivity contribution in [2.24, 2.45) is 0 Å². The molecule has 0 fully saturated rings. The summed E-state index contributed by atoms with van der Waals surface area (Å²) < 4.78 is 11.0. The van der Waals surface area contributed by atoms with Crippen LogP contribution in [0.5, 0.6) is 0 Å².